The van der Waals surface area contributed by atoms with E-state index in [1.165, 1.54) is 0 Å². The second-order valence-electron chi connectivity index (χ2n) is 3.93. The summed E-state index contributed by atoms with van der Waals surface area (Å²) < 4.78 is 11.1. The number of ether oxygens (including phenoxy) is 2. The molecule has 1 aromatic carbocycles. The van der Waals surface area contributed by atoms with Gasteiger partial charge in [0, 0.05) is 18.0 Å². The van der Waals surface area contributed by atoms with Gasteiger partial charge in [0.05, 0.1) is 13.2 Å². The molecule has 15 heavy (non-hydrogen) atoms. The Morgan fingerprint density at radius 2 is 2.27 bits per heavy atom. The monoisotopic (exact) mass is 207 g/mol. The van der Waals surface area contributed by atoms with Crippen molar-refractivity contribution in [2.45, 2.75) is 25.5 Å². The molecule has 0 amide bonds. The van der Waals surface area contributed by atoms with E-state index in [0.717, 1.165) is 24.3 Å². The molecule has 1 unspecified atom stereocenters. The molecule has 0 saturated carbocycles. The summed E-state index contributed by atoms with van der Waals surface area (Å²) in [5, 5.41) is 0. The largest absolute Gasteiger partial charge is 0.488 e. The van der Waals surface area contributed by atoms with Crippen molar-refractivity contribution in [2.75, 3.05) is 13.2 Å². The first-order chi connectivity index (χ1) is 7.27. The van der Waals surface area contributed by atoms with Crippen molar-refractivity contribution < 1.29 is 9.47 Å². The number of benzene rings is 1. The molecule has 2 N–H and O–H groups in total. The van der Waals surface area contributed by atoms with Gasteiger partial charge in [0.2, 0.25) is 0 Å². The molecule has 2 atom stereocenters. The molecule has 1 aromatic rings. The lowest BCUT2D eigenvalue weighted by atomic mass is 10.1. The van der Waals surface area contributed by atoms with Gasteiger partial charge in [-0.1, -0.05) is 18.2 Å². The third kappa shape index (κ3) is 2.49. The van der Waals surface area contributed by atoms with Crippen molar-refractivity contribution in [3.05, 3.63) is 29.8 Å². The smallest absolute Gasteiger partial charge is 0.124 e. The summed E-state index contributed by atoms with van der Waals surface area (Å²) in [6.07, 6.45) is 1.15. The predicted molar refractivity (Wildman–Crippen MR) is 58.9 cm³/mol. The fraction of sp³-hybridized carbons (Fsp3) is 0.500. The van der Waals surface area contributed by atoms with E-state index in [9.17, 15) is 0 Å². The van der Waals surface area contributed by atoms with Crippen LogP contribution in [0.25, 0.3) is 0 Å². The molecule has 0 aliphatic carbocycles. The molecule has 3 nitrogen and oxygen atoms in total. The lowest BCUT2D eigenvalue weighted by molar-refractivity contribution is 0.140. The van der Waals surface area contributed by atoms with Gasteiger partial charge in [-0.2, -0.15) is 0 Å². The Kier molecular flexibility index (Phi) is 3.23. The highest BCUT2D eigenvalue weighted by molar-refractivity contribution is 5.35. The lowest BCUT2D eigenvalue weighted by Gasteiger charge is -2.17. The zero-order valence-corrected chi connectivity index (χ0v) is 8.98. The van der Waals surface area contributed by atoms with Crippen LogP contribution in [-0.4, -0.2) is 19.3 Å². The SMILES string of the molecule is C[C@H](N)c1ccccc1OC1CCOC1. The van der Waals surface area contributed by atoms with Gasteiger partial charge in [-0.3, -0.25) is 0 Å². The average molecular weight is 207 g/mol. The molecule has 3 heteroatoms. The number of rotatable bonds is 3. The first kappa shape index (κ1) is 10.5. The van der Waals surface area contributed by atoms with Crippen molar-refractivity contribution >= 4 is 0 Å². The fourth-order valence-electron chi connectivity index (χ4n) is 1.75. The highest BCUT2D eigenvalue weighted by atomic mass is 16.5. The molecule has 0 bridgehead atoms. The molecule has 0 aromatic heterocycles. The van der Waals surface area contributed by atoms with E-state index in [2.05, 4.69) is 0 Å². The minimum absolute atomic E-state index is 0.00326. The van der Waals surface area contributed by atoms with Gasteiger partial charge in [-0.05, 0) is 13.0 Å². The number of hydrogen-bond acceptors (Lipinski definition) is 3. The highest BCUT2D eigenvalue weighted by Crippen LogP contribution is 2.25. The molecule has 1 fully saturated rings. The molecule has 2 rings (SSSR count). The molecular weight excluding hydrogens is 190 g/mol. The van der Waals surface area contributed by atoms with Gasteiger partial charge >= 0.3 is 0 Å². The van der Waals surface area contributed by atoms with Crippen LogP contribution in [-0.2, 0) is 4.74 Å². The highest BCUT2D eigenvalue weighted by Gasteiger charge is 2.18. The van der Waals surface area contributed by atoms with Crippen LogP contribution in [0.4, 0.5) is 0 Å². The van der Waals surface area contributed by atoms with E-state index in [0.29, 0.717) is 6.61 Å². The van der Waals surface area contributed by atoms with Crippen LogP contribution in [0.5, 0.6) is 5.75 Å². The number of hydrogen-bond donors (Lipinski definition) is 1. The van der Waals surface area contributed by atoms with E-state index < -0.39 is 0 Å². The fourth-order valence-corrected chi connectivity index (χ4v) is 1.75. The Balaban J connectivity index is 2.12. The maximum atomic E-state index is 5.88. The van der Waals surface area contributed by atoms with Crippen molar-refractivity contribution in [2.24, 2.45) is 5.73 Å². The van der Waals surface area contributed by atoms with Gasteiger partial charge in [0.1, 0.15) is 11.9 Å². The Morgan fingerprint density at radius 3 is 2.93 bits per heavy atom. The predicted octanol–water partition coefficient (Wildman–Crippen LogP) is 1.87. The maximum Gasteiger partial charge on any atom is 0.124 e. The van der Waals surface area contributed by atoms with Crippen LogP contribution in [0.15, 0.2) is 24.3 Å². The van der Waals surface area contributed by atoms with Crippen molar-refractivity contribution in [1.82, 2.24) is 0 Å². The Labute approximate surface area is 90.2 Å². The maximum absolute atomic E-state index is 5.88. The van der Waals surface area contributed by atoms with E-state index in [1.54, 1.807) is 0 Å². The summed E-state index contributed by atoms with van der Waals surface area (Å²) in [6, 6.07) is 7.93. The van der Waals surface area contributed by atoms with Gasteiger partial charge in [-0.15, -0.1) is 0 Å². The van der Waals surface area contributed by atoms with E-state index in [-0.39, 0.29) is 12.1 Å². The van der Waals surface area contributed by atoms with Crippen LogP contribution in [0.1, 0.15) is 24.9 Å². The molecule has 0 radical (unpaired) electrons. The Hall–Kier alpha value is -1.06. The zero-order chi connectivity index (χ0) is 10.7. The Bertz CT molecular complexity index is 319. The summed E-state index contributed by atoms with van der Waals surface area (Å²) >= 11 is 0. The lowest BCUT2D eigenvalue weighted by Crippen LogP contribution is -2.18. The van der Waals surface area contributed by atoms with Gasteiger partial charge in [0.25, 0.3) is 0 Å². The second kappa shape index (κ2) is 4.64. The van der Waals surface area contributed by atoms with E-state index >= 15 is 0 Å². The van der Waals surface area contributed by atoms with Crippen LogP contribution >= 0.6 is 0 Å². The normalized spacial score (nSPS) is 22.7. The van der Waals surface area contributed by atoms with Crippen molar-refractivity contribution in [3.8, 4) is 5.75 Å². The quantitative estimate of drug-likeness (QED) is 0.823. The topological polar surface area (TPSA) is 44.5 Å². The second-order valence-corrected chi connectivity index (χ2v) is 3.93. The first-order valence-electron chi connectivity index (χ1n) is 5.36. The van der Waals surface area contributed by atoms with Crippen LogP contribution in [0, 0.1) is 0 Å². The molecule has 1 heterocycles. The minimum atomic E-state index is 0.00326. The zero-order valence-electron chi connectivity index (χ0n) is 8.98. The summed E-state index contributed by atoms with van der Waals surface area (Å²) in [5.41, 5.74) is 6.94. The molecule has 1 saturated heterocycles. The van der Waals surface area contributed by atoms with Crippen molar-refractivity contribution in [3.63, 3.8) is 0 Å². The molecule has 1 aliphatic heterocycles. The van der Waals surface area contributed by atoms with Gasteiger partial charge in [0.15, 0.2) is 0 Å². The summed E-state index contributed by atoms with van der Waals surface area (Å²) in [7, 11) is 0. The number of para-hydroxylation sites is 1. The third-order valence-corrected chi connectivity index (χ3v) is 2.59. The molecule has 0 spiro atoms. The first-order valence-corrected chi connectivity index (χ1v) is 5.36. The average Bonchev–Trinajstić information content (AvgIpc) is 2.71. The standard InChI is InChI=1S/C12H17NO2/c1-9(13)11-4-2-3-5-12(11)15-10-6-7-14-8-10/h2-5,9-10H,6-8,13H2,1H3/t9-,10?/m0/s1. The van der Waals surface area contributed by atoms with Gasteiger partial charge in [-0.25, -0.2) is 0 Å². The summed E-state index contributed by atoms with van der Waals surface area (Å²) in [5.74, 6) is 0.892. The third-order valence-electron chi connectivity index (χ3n) is 2.59. The van der Waals surface area contributed by atoms with Crippen LogP contribution in [0.2, 0.25) is 0 Å². The van der Waals surface area contributed by atoms with Crippen LogP contribution < -0.4 is 10.5 Å². The van der Waals surface area contributed by atoms with Gasteiger partial charge < -0.3 is 15.2 Å². The minimum Gasteiger partial charge on any atom is -0.488 e. The Morgan fingerprint density at radius 1 is 1.47 bits per heavy atom. The number of nitrogens with two attached hydrogens (primary N) is 1. The summed E-state index contributed by atoms with van der Waals surface area (Å²) in [6.45, 7) is 3.45. The van der Waals surface area contributed by atoms with Crippen molar-refractivity contribution in [1.29, 1.82) is 0 Å². The van der Waals surface area contributed by atoms with E-state index in [4.69, 9.17) is 15.2 Å². The van der Waals surface area contributed by atoms with E-state index in [1.807, 2.05) is 31.2 Å². The van der Waals surface area contributed by atoms with Crippen LogP contribution in [0.3, 0.4) is 0 Å². The summed E-state index contributed by atoms with van der Waals surface area (Å²) in [4.78, 5) is 0. The molecular formula is C12H17NO2. The molecule has 1 aliphatic rings. The molecule has 82 valence electrons.